The van der Waals surface area contributed by atoms with E-state index in [1.54, 1.807) is 0 Å². The molecule has 0 saturated carbocycles. The maximum atomic E-state index is 9.48. The minimum absolute atomic E-state index is 0.705. The van der Waals surface area contributed by atoms with Crippen molar-refractivity contribution in [1.29, 1.82) is 5.26 Å². The fraction of sp³-hybridized carbons (Fsp3) is 0.222. The molecule has 4 rings (SSSR count). The van der Waals surface area contributed by atoms with Crippen LogP contribution >= 0.6 is 0 Å². The molecule has 154 valence electrons. The second-order valence-electron chi connectivity index (χ2n) is 8.26. The molecule has 1 aromatic heterocycles. The van der Waals surface area contributed by atoms with Crippen molar-refractivity contribution in [3.8, 4) is 34.3 Å². The first-order chi connectivity index (χ1) is 14.8. The van der Waals surface area contributed by atoms with E-state index in [9.17, 15) is 5.26 Å². The highest BCUT2D eigenvalue weighted by molar-refractivity contribution is 5.77. The van der Waals surface area contributed by atoms with Crippen molar-refractivity contribution in [1.82, 2.24) is 14.8 Å². The smallest absolute Gasteiger partial charge is 0.163 e. The van der Waals surface area contributed by atoms with Crippen molar-refractivity contribution in [2.45, 2.75) is 41.5 Å². The van der Waals surface area contributed by atoms with Crippen LogP contribution in [0.15, 0.2) is 48.5 Å². The van der Waals surface area contributed by atoms with Crippen molar-refractivity contribution in [2.75, 3.05) is 0 Å². The summed E-state index contributed by atoms with van der Waals surface area (Å²) >= 11 is 0. The van der Waals surface area contributed by atoms with E-state index in [4.69, 9.17) is 10.1 Å². The van der Waals surface area contributed by atoms with E-state index in [0.717, 1.165) is 45.2 Å². The molecular formula is C27H26N4. The first-order valence-corrected chi connectivity index (χ1v) is 10.4. The highest BCUT2D eigenvalue weighted by Gasteiger charge is 2.17. The molecule has 0 aliphatic rings. The summed E-state index contributed by atoms with van der Waals surface area (Å²) in [4.78, 5) is 4.77. The molecule has 0 N–H and O–H groups in total. The Morgan fingerprint density at radius 1 is 0.806 bits per heavy atom. The first kappa shape index (κ1) is 20.6. The van der Waals surface area contributed by atoms with E-state index in [2.05, 4.69) is 64.1 Å². The minimum Gasteiger partial charge on any atom is -0.212 e. The van der Waals surface area contributed by atoms with Gasteiger partial charge in [0.25, 0.3) is 0 Å². The number of hydrogen-bond donors (Lipinski definition) is 0. The molecule has 0 atom stereocenters. The summed E-state index contributed by atoms with van der Waals surface area (Å²) in [6.07, 6.45) is 0. The minimum atomic E-state index is 0.705. The van der Waals surface area contributed by atoms with E-state index in [1.807, 2.05) is 36.7 Å². The second kappa shape index (κ2) is 7.85. The molecule has 1 heterocycles. The maximum absolute atomic E-state index is 9.48. The Morgan fingerprint density at radius 2 is 1.48 bits per heavy atom. The zero-order valence-electron chi connectivity index (χ0n) is 18.9. The quantitative estimate of drug-likeness (QED) is 0.400. The second-order valence-corrected chi connectivity index (χ2v) is 8.26. The highest BCUT2D eigenvalue weighted by atomic mass is 15.4. The number of hydrogen-bond acceptors (Lipinski definition) is 3. The van der Waals surface area contributed by atoms with E-state index < -0.39 is 0 Å². The molecule has 4 aromatic rings. The van der Waals surface area contributed by atoms with E-state index >= 15 is 0 Å². The summed E-state index contributed by atoms with van der Waals surface area (Å²) in [5.41, 5.74) is 10.7. The number of nitriles is 1. The van der Waals surface area contributed by atoms with Gasteiger partial charge in [0, 0.05) is 5.56 Å². The van der Waals surface area contributed by atoms with Crippen LogP contribution in [-0.4, -0.2) is 14.8 Å². The molecule has 0 fully saturated rings. The summed E-state index contributed by atoms with van der Waals surface area (Å²) < 4.78 is 1.96. The molecule has 0 unspecified atom stereocenters. The molecule has 0 saturated heterocycles. The lowest BCUT2D eigenvalue weighted by atomic mass is 9.91. The van der Waals surface area contributed by atoms with Gasteiger partial charge in [0.15, 0.2) is 5.82 Å². The molecule has 0 aliphatic carbocycles. The molecule has 31 heavy (non-hydrogen) atoms. The highest BCUT2D eigenvalue weighted by Crippen LogP contribution is 2.33. The molecule has 3 aromatic carbocycles. The van der Waals surface area contributed by atoms with Crippen LogP contribution < -0.4 is 0 Å². The van der Waals surface area contributed by atoms with Gasteiger partial charge in [-0.1, -0.05) is 42.0 Å². The SMILES string of the molecule is Cc1cc(C)c(-n2nc(C)nc2-c2cccc(-c3c(C)ccc(C#N)c3C)c2)c(C)c1. The number of rotatable bonds is 3. The first-order valence-electron chi connectivity index (χ1n) is 10.4. The van der Waals surface area contributed by atoms with Crippen molar-refractivity contribution in [3.63, 3.8) is 0 Å². The normalized spacial score (nSPS) is 10.9. The van der Waals surface area contributed by atoms with Gasteiger partial charge in [-0.2, -0.15) is 10.4 Å². The van der Waals surface area contributed by atoms with Gasteiger partial charge in [0.1, 0.15) is 5.82 Å². The van der Waals surface area contributed by atoms with Crippen molar-refractivity contribution >= 4 is 0 Å². The third-order valence-electron chi connectivity index (χ3n) is 5.76. The Balaban J connectivity index is 1.92. The van der Waals surface area contributed by atoms with E-state index in [0.29, 0.717) is 5.56 Å². The van der Waals surface area contributed by atoms with Crippen molar-refractivity contribution < 1.29 is 0 Å². The monoisotopic (exact) mass is 406 g/mol. The topological polar surface area (TPSA) is 54.5 Å². The molecule has 4 heteroatoms. The van der Waals surface area contributed by atoms with Gasteiger partial charge in [-0.25, -0.2) is 9.67 Å². The Bertz CT molecular complexity index is 1330. The zero-order valence-corrected chi connectivity index (χ0v) is 18.9. The largest absolute Gasteiger partial charge is 0.212 e. The Hall–Kier alpha value is -3.71. The zero-order chi connectivity index (χ0) is 22.3. The maximum Gasteiger partial charge on any atom is 0.163 e. The van der Waals surface area contributed by atoms with Gasteiger partial charge < -0.3 is 0 Å². The van der Waals surface area contributed by atoms with E-state index in [1.165, 1.54) is 16.7 Å². The van der Waals surface area contributed by atoms with Crippen LogP contribution in [0.2, 0.25) is 0 Å². The van der Waals surface area contributed by atoms with Crippen LogP contribution in [0, 0.1) is 52.9 Å². The van der Waals surface area contributed by atoms with Gasteiger partial charge in [0.05, 0.1) is 17.3 Å². The van der Waals surface area contributed by atoms with Crippen molar-refractivity contribution in [2.24, 2.45) is 0 Å². The standard InChI is InChI=1S/C27H26N4/c1-16-12-18(3)26(19(4)13-16)31-27(29-21(6)30-31)23-9-7-8-22(14-23)25-17(2)10-11-24(15-28)20(25)5/h7-14H,1-6H3. The third kappa shape index (κ3) is 3.64. The summed E-state index contributed by atoms with van der Waals surface area (Å²) in [5.74, 6) is 1.56. The Kier molecular flexibility index (Phi) is 5.20. The summed E-state index contributed by atoms with van der Waals surface area (Å²) in [6, 6.07) is 18.9. The number of benzene rings is 3. The lowest BCUT2D eigenvalue weighted by molar-refractivity contribution is 0.854. The Morgan fingerprint density at radius 3 is 2.16 bits per heavy atom. The molecule has 0 radical (unpaired) electrons. The molecule has 0 amide bonds. The van der Waals surface area contributed by atoms with Crippen molar-refractivity contribution in [3.05, 3.63) is 87.7 Å². The number of aromatic nitrogens is 3. The van der Waals surface area contributed by atoms with Gasteiger partial charge in [-0.15, -0.1) is 0 Å². The summed E-state index contributed by atoms with van der Waals surface area (Å²) in [5, 5.41) is 14.2. The van der Waals surface area contributed by atoms with Gasteiger partial charge >= 0.3 is 0 Å². The van der Waals surface area contributed by atoms with E-state index in [-0.39, 0.29) is 0 Å². The summed E-state index contributed by atoms with van der Waals surface area (Å²) in [6.45, 7) is 12.4. The molecule has 0 aliphatic heterocycles. The van der Waals surface area contributed by atoms with Crippen LogP contribution in [0.1, 0.15) is 39.2 Å². The lowest BCUT2D eigenvalue weighted by Crippen LogP contribution is -2.05. The van der Waals surface area contributed by atoms with Crippen LogP contribution in [0.3, 0.4) is 0 Å². The predicted octanol–water partition coefficient (Wildman–Crippen LogP) is 6.32. The average Bonchev–Trinajstić information content (AvgIpc) is 3.09. The van der Waals surface area contributed by atoms with Gasteiger partial charge in [-0.05, 0) is 87.1 Å². The van der Waals surface area contributed by atoms with Crippen LogP contribution in [0.25, 0.3) is 28.2 Å². The number of nitrogens with zero attached hydrogens (tertiary/aromatic N) is 4. The lowest BCUT2D eigenvalue weighted by Gasteiger charge is -2.15. The predicted molar refractivity (Wildman–Crippen MR) is 125 cm³/mol. The summed E-state index contributed by atoms with van der Waals surface area (Å²) in [7, 11) is 0. The fourth-order valence-corrected chi connectivity index (χ4v) is 4.49. The average molecular weight is 407 g/mol. The molecule has 4 nitrogen and oxygen atoms in total. The van der Waals surface area contributed by atoms with Gasteiger partial charge in [0.2, 0.25) is 0 Å². The molecule has 0 spiro atoms. The van der Waals surface area contributed by atoms with Crippen LogP contribution in [0.5, 0.6) is 0 Å². The van der Waals surface area contributed by atoms with Crippen LogP contribution in [0.4, 0.5) is 0 Å². The molecular weight excluding hydrogens is 380 g/mol. The van der Waals surface area contributed by atoms with Crippen LogP contribution in [-0.2, 0) is 0 Å². The fourth-order valence-electron chi connectivity index (χ4n) is 4.49. The molecule has 0 bridgehead atoms. The third-order valence-corrected chi connectivity index (χ3v) is 5.76. The number of aryl methyl sites for hydroxylation is 5. The Labute approximate surface area is 183 Å². The van der Waals surface area contributed by atoms with Gasteiger partial charge in [-0.3, -0.25) is 0 Å².